The maximum absolute atomic E-state index is 12.1. The molecule has 1 N–H and O–H groups in total. The maximum Gasteiger partial charge on any atom is 0.406 e. The second kappa shape index (κ2) is 9.49. The highest BCUT2D eigenvalue weighted by Gasteiger charge is 2.23. The second-order valence-electron chi connectivity index (χ2n) is 3.68. The normalized spacial score (nSPS) is 12.3. The summed E-state index contributed by atoms with van der Waals surface area (Å²) in [7, 11) is -3.08. The lowest BCUT2D eigenvalue weighted by atomic mass is 10.5. The van der Waals surface area contributed by atoms with Crippen molar-refractivity contribution in [1.29, 1.82) is 0 Å². The molecule has 16 heavy (non-hydrogen) atoms. The molecule has 0 amide bonds. The first-order valence-corrected chi connectivity index (χ1v) is 8.39. The molecule has 0 fully saturated rings. The molecule has 0 aliphatic heterocycles. The van der Waals surface area contributed by atoms with Crippen LogP contribution in [0.1, 0.15) is 40.5 Å². The third kappa shape index (κ3) is 8.59. The Hall–Kier alpha value is 0.460. The molecule has 0 saturated carbocycles. The van der Waals surface area contributed by atoms with Crippen LogP contribution >= 0.6 is 19.5 Å². The summed E-state index contributed by atoms with van der Waals surface area (Å²) in [6.07, 6.45) is 1.66. The van der Waals surface area contributed by atoms with Crippen LogP contribution in [-0.4, -0.2) is 24.3 Å². The molecule has 0 aromatic heterocycles. The summed E-state index contributed by atoms with van der Waals surface area (Å²) in [5, 5.41) is 3.37. The van der Waals surface area contributed by atoms with E-state index in [-0.39, 0.29) is 0 Å². The van der Waals surface area contributed by atoms with Gasteiger partial charge in [-0.25, -0.2) is 9.65 Å². The number of hydrogen-bond donors (Lipinski definition) is 1. The summed E-state index contributed by atoms with van der Waals surface area (Å²) in [4.78, 5) is 0. The minimum atomic E-state index is -3.08. The van der Waals surface area contributed by atoms with Gasteiger partial charge in [-0.2, -0.15) is 0 Å². The van der Waals surface area contributed by atoms with Crippen LogP contribution in [0, 0.1) is 0 Å². The smallest absolute Gasteiger partial charge is 0.297 e. The first-order chi connectivity index (χ1) is 7.54. The molecule has 0 heterocycles. The zero-order chi connectivity index (χ0) is 12.4. The molecule has 0 spiro atoms. The third-order valence-corrected chi connectivity index (χ3v) is 4.39. The van der Waals surface area contributed by atoms with E-state index in [0.717, 1.165) is 12.8 Å². The van der Waals surface area contributed by atoms with Crippen molar-refractivity contribution in [3.05, 3.63) is 0 Å². The molecule has 0 aromatic rings. The predicted octanol–water partition coefficient (Wildman–Crippen LogP) is 3.64. The second-order valence-corrected chi connectivity index (χ2v) is 7.07. The van der Waals surface area contributed by atoms with Crippen LogP contribution in [0.25, 0.3) is 0 Å². The Morgan fingerprint density at radius 2 is 1.69 bits per heavy atom. The van der Waals surface area contributed by atoms with E-state index in [0.29, 0.717) is 24.3 Å². The summed E-state index contributed by atoms with van der Waals surface area (Å²) in [6, 6.07) is 0. The van der Waals surface area contributed by atoms with Crippen LogP contribution in [0.2, 0.25) is 0 Å². The standard InChI is InChI=1S/C10H24NO3PS/c1-5-7-13-15(12,14-8-6-2)11-9-16-10(3)4/h10H,5-9H2,1-4H3,(H,11,12). The van der Waals surface area contributed by atoms with Gasteiger partial charge >= 0.3 is 7.75 Å². The highest BCUT2D eigenvalue weighted by molar-refractivity contribution is 8.00. The fraction of sp³-hybridized carbons (Fsp3) is 1.00. The molecule has 98 valence electrons. The minimum absolute atomic E-state index is 0.459. The lowest BCUT2D eigenvalue weighted by Crippen LogP contribution is -2.16. The summed E-state index contributed by atoms with van der Waals surface area (Å²) >= 11 is 1.68. The average Bonchev–Trinajstić information content (AvgIpc) is 2.23. The van der Waals surface area contributed by atoms with Gasteiger partial charge in [-0.1, -0.05) is 27.7 Å². The van der Waals surface area contributed by atoms with Crippen LogP contribution in [0.3, 0.4) is 0 Å². The Morgan fingerprint density at radius 3 is 2.06 bits per heavy atom. The number of hydrogen-bond acceptors (Lipinski definition) is 4. The summed E-state index contributed by atoms with van der Waals surface area (Å²) in [6.45, 7) is 9.06. The van der Waals surface area contributed by atoms with Gasteiger partial charge in [0.25, 0.3) is 0 Å². The molecular weight excluding hydrogens is 245 g/mol. The van der Waals surface area contributed by atoms with Crippen molar-refractivity contribution in [2.75, 3.05) is 19.1 Å². The van der Waals surface area contributed by atoms with Gasteiger partial charge in [-0.15, -0.1) is 11.8 Å². The molecule has 0 radical (unpaired) electrons. The topological polar surface area (TPSA) is 47.6 Å². The summed E-state index contributed by atoms with van der Waals surface area (Å²) in [5.41, 5.74) is 0. The van der Waals surface area contributed by atoms with E-state index in [4.69, 9.17) is 9.05 Å². The van der Waals surface area contributed by atoms with Crippen molar-refractivity contribution in [1.82, 2.24) is 5.09 Å². The van der Waals surface area contributed by atoms with E-state index in [1.54, 1.807) is 11.8 Å². The molecule has 0 rings (SSSR count). The van der Waals surface area contributed by atoms with E-state index < -0.39 is 7.75 Å². The average molecular weight is 269 g/mol. The van der Waals surface area contributed by atoms with Gasteiger partial charge in [0.05, 0.1) is 19.1 Å². The van der Waals surface area contributed by atoms with Crippen LogP contribution in [0.5, 0.6) is 0 Å². The fourth-order valence-electron chi connectivity index (χ4n) is 0.834. The van der Waals surface area contributed by atoms with Crippen molar-refractivity contribution in [2.45, 2.75) is 45.8 Å². The number of thioether (sulfide) groups is 1. The first kappa shape index (κ1) is 16.5. The predicted molar refractivity (Wildman–Crippen MR) is 70.8 cm³/mol. The van der Waals surface area contributed by atoms with Crippen molar-refractivity contribution in [3.8, 4) is 0 Å². The van der Waals surface area contributed by atoms with E-state index in [9.17, 15) is 4.57 Å². The quantitative estimate of drug-likeness (QED) is 0.484. The SMILES string of the molecule is CCCOP(=O)(NCSC(C)C)OCCC. The first-order valence-electron chi connectivity index (χ1n) is 5.80. The van der Waals surface area contributed by atoms with Gasteiger partial charge in [0.2, 0.25) is 0 Å². The Balaban J connectivity index is 4.02. The van der Waals surface area contributed by atoms with E-state index in [1.165, 1.54) is 0 Å². The summed E-state index contributed by atoms with van der Waals surface area (Å²) < 4.78 is 22.7. The molecule has 0 atom stereocenters. The van der Waals surface area contributed by atoms with Gasteiger partial charge in [-0.3, -0.25) is 9.05 Å². The van der Waals surface area contributed by atoms with Crippen LogP contribution in [0.4, 0.5) is 0 Å². The van der Waals surface area contributed by atoms with Crippen molar-refractivity contribution >= 4 is 19.5 Å². The highest BCUT2D eigenvalue weighted by atomic mass is 32.2. The van der Waals surface area contributed by atoms with E-state index in [2.05, 4.69) is 18.9 Å². The minimum Gasteiger partial charge on any atom is -0.297 e. The zero-order valence-corrected chi connectivity index (χ0v) is 12.4. The van der Waals surface area contributed by atoms with Crippen molar-refractivity contribution in [2.24, 2.45) is 0 Å². The Bertz CT molecular complexity index is 202. The van der Waals surface area contributed by atoms with Gasteiger partial charge in [-0.05, 0) is 12.8 Å². The Morgan fingerprint density at radius 1 is 1.19 bits per heavy atom. The lowest BCUT2D eigenvalue weighted by molar-refractivity contribution is 0.197. The number of rotatable bonds is 10. The Kier molecular flexibility index (Phi) is 9.76. The van der Waals surface area contributed by atoms with Gasteiger partial charge in [0.1, 0.15) is 0 Å². The lowest BCUT2D eigenvalue weighted by Gasteiger charge is -2.19. The molecular formula is C10H24NO3PS. The molecule has 0 saturated heterocycles. The van der Waals surface area contributed by atoms with Gasteiger partial charge in [0.15, 0.2) is 0 Å². The number of nitrogens with one attached hydrogen (secondary N) is 1. The Labute approximate surface area is 103 Å². The molecule has 0 aliphatic carbocycles. The van der Waals surface area contributed by atoms with E-state index in [1.807, 2.05) is 13.8 Å². The maximum atomic E-state index is 12.1. The molecule has 0 bridgehead atoms. The molecule has 0 unspecified atom stereocenters. The molecule has 6 heteroatoms. The third-order valence-electron chi connectivity index (χ3n) is 1.61. The highest BCUT2D eigenvalue weighted by Crippen LogP contribution is 2.44. The fourth-order valence-corrected chi connectivity index (χ4v) is 3.20. The van der Waals surface area contributed by atoms with Crippen LogP contribution in [0.15, 0.2) is 0 Å². The van der Waals surface area contributed by atoms with Crippen molar-refractivity contribution < 1.29 is 13.6 Å². The van der Waals surface area contributed by atoms with E-state index >= 15 is 0 Å². The molecule has 0 aromatic carbocycles. The van der Waals surface area contributed by atoms with Gasteiger partial charge < -0.3 is 0 Å². The molecule has 4 nitrogen and oxygen atoms in total. The largest absolute Gasteiger partial charge is 0.406 e. The van der Waals surface area contributed by atoms with Crippen LogP contribution in [-0.2, 0) is 13.6 Å². The summed E-state index contributed by atoms with van der Waals surface area (Å²) in [5.74, 6) is 0.586. The monoisotopic (exact) mass is 269 g/mol. The van der Waals surface area contributed by atoms with Gasteiger partial charge in [0, 0.05) is 5.25 Å². The van der Waals surface area contributed by atoms with Crippen molar-refractivity contribution in [3.63, 3.8) is 0 Å². The zero-order valence-electron chi connectivity index (χ0n) is 10.7. The van der Waals surface area contributed by atoms with Crippen LogP contribution < -0.4 is 5.09 Å². The molecule has 0 aliphatic rings.